The van der Waals surface area contributed by atoms with Crippen molar-refractivity contribution in [3.63, 3.8) is 0 Å². The Labute approximate surface area is 124 Å². The third-order valence-corrected chi connectivity index (χ3v) is 3.90. The van der Waals surface area contributed by atoms with Crippen molar-refractivity contribution in [2.24, 2.45) is 0 Å². The van der Waals surface area contributed by atoms with E-state index in [2.05, 4.69) is 34.0 Å². The molecular formula is C15H18BrN3. The summed E-state index contributed by atoms with van der Waals surface area (Å²) in [5.74, 6) is 0. The third-order valence-electron chi connectivity index (χ3n) is 3.90. The van der Waals surface area contributed by atoms with E-state index in [0.717, 1.165) is 24.7 Å². The zero-order valence-electron chi connectivity index (χ0n) is 10.9. The van der Waals surface area contributed by atoms with Crippen molar-refractivity contribution in [2.75, 3.05) is 13.1 Å². The van der Waals surface area contributed by atoms with Crippen molar-refractivity contribution in [3.05, 3.63) is 35.4 Å². The SMILES string of the molecule is N#Cc1ccc(C[N+]2=CN3CCCCC3C2)cc1.[Br-]. The zero-order chi connectivity index (χ0) is 12.4. The van der Waals surface area contributed by atoms with Gasteiger partial charge in [-0.2, -0.15) is 5.26 Å². The monoisotopic (exact) mass is 319 g/mol. The number of fused-ring (bicyclic) bond motifs is 1. The maximum absolute atomic E-state index is 8.78. The number of hydrogen-bond acceptors (Lipinski definition) is 2. The lowest BCUT2D eigenvalue weighted by Gasteiger charge is -2.21. The van der Waals surface area contributed by atoms with E-state index in [4.69, 9.17) is 5.26 Å². The Balaban J connectivity index is 0.00000133. The summed E-state index contributed by atoms with van der Waals surface area (Å²) in [5, 5.41) is 8.78. The molecular weight excluding hydrogens is 302 g/mol. The predicted molar refractivity (Wildman–Crippen MR) is 70.4 cm³/mol. The predicted octanol–water partition coefficient (Wildman–Crippen LogP) is -1.03. The van der Waals surface area contributed by atoms with Crippen LogP contribution in [-0.4, -0.2) is 34.9 Å². The number of piperidine rings is 1. The molecule has 1 saturated heterocycles. The van der Waals surface area contributed by atoms with Gasteiger partial charge in [0.2, 0.25) is 6.34 Å². The number of rotatable bonds is 2. The normalized spacial score (nSPS) is 21.1. The topological polar surface area (TPSA) is 30.0 Å². The minimum absolute atomic E-state index is 0. The Morgan fingerprint density at radius 3 is 2.74 bits per heavy atom. The standard InChI is InChI=1S/C15H18N3.BrH/c16-9-13-4-6-14(7-5-13)10-17-11-15-3-1-2-8-18(15)12-17;/h4-7,12,15H,1-3,8,10-11H2;1H/q+1;/p-1. The molecule has 0 N–H and O–H groups in total. The molecule has 1 aromatic carbocycles. The van der Waals surface area contributed by atoms with Gasteiger partial charge >= 0.3 is 0 Å². The Morgan fingerprint density at radius 1 is 1.26 bits per heavy atom. The van der Waals surface area contributed by atoms with Crippen LogP contribution in [0, 0.1) is 11.3 Å². The van der Waals surface area contributed by atoms with Crippen LogP contribution < -0.4 is 17.0 Å². The van der Waals surface area contributed by atoms with Crippen molar-refractivity contribution < 1.29 is 21.6 Å². The Hall–Kier alpha value is -1.34. The van der Waals surface area contributed by atoms with E-state index in [1.54, 1.807) is 0 Å². The minimum atomic E-state index is 0. The fourth-order valence-electron chi connectivity index (χ4n) is 2.92. The molecule has 0 radical (unpaired) electrons. The number of nitriles is 1. The van der Waals surface area contributed by atoms with Gasteiger partial charge in [0, 0.05) is 0 Å². The summed E-state index contributed by atoms with van der Waals surface area (Å²) in [7, 11) is 0. The van der Waals surface area contributed by atoms with Gasteiger partial charge in [0.1, 0.15) is 19.1 Å². The largest absolute Gasteiger partial charge is 1.00 e. The first-order chi connectivity index (χ1) is 8.85. The third kappa shape index (κ3) is 3.16. The second-order valence-corrected chi connectivity index (χ2v) is 5.24. The summed E-state index contributed by atoms with van der Waals surface area (Å²) in [6, 6.07) is 10.8. The van der Waals surface area contributed by atoms with Gasteiger partial charge in [-0.3, -0.25) is 9.48 Å². The number of benzene rings is 1. The van der Waals surface area contributed by atoms with Crippen LogP contribution in [0.4, 0.5) is 0 Å². The van der Waals surface area contributed by atoms with Crippen LogP contribution in [-0.2, 0) is 6.54 Å². The fraction of sp³-hybridized carbons (Fsp3) is 0.467. The lowest BCUT2D eigenvalue weighted by molar-refractivity contribution is -0.533. The molecule has 1 aromatic rings. The van der Waals surface area contributed by atoms with Crippen LogP contribution in [0.25, 0.3) is 0 Å². The maximum Gasteiger partial charge on any atom is 0.234 e. The Morgan fingerprint density at radius 2 is 2.05 bits per heavy atom. The molecule has 100 valence electrons. The summed E-state index contributed by atoms with van der Waals surface area (Å²) < 4.78 is 2.40. The van der Waals surface area contributed by atoms with Gasteiger partial charge in [0.05, 0.1) is 18.2 Å². The maximum atomic E-state index is 8.78. The number of hydrogen-bond donors (Lipinski definition) is 0. The molecule has 3 nitrogen and oxygen atoms in total. The molecule has 0 aromatic heterocycles. The highest BCUT2D eigenvalue weighted by Gasteiger charge is 2.33. The molecule has 3 rings (SSSR count). The molecule has 2 heterocycles. The van der Waals surface area contributed by atoms with E-state index in [1.807, 2.05) is 12.1 Å². The van der Waals surface area contributed by atoms with E-state index >= 15 is 0 Å². The van der Waals surface area contributed by atoms with Gasteiger partial charge in [-0.05, 0) is 37.0 Å². The molecule has 0 amide bonds. The highest BCUT2D eigenvalue weighted by molar-refractivity contribution is 5.51. The van der Waals surface area contributed by atoms with Crippen molar-refractivity contribution >= 4 is 6.34 Å². The molecule has 1 fully saturated rings. The molecule has 2 aliphatic rings. The van der Waals surface area contributed by atoms with Crippen LogP contribution in [0.5, 0.6) is 0 Å². The quantitative estimate of drug-likeness (QED) is 0.653. The average molecular weight is 320 g/mol. The van der Waals surface area contributed by atoms with Crippen molar-refractivity contribution in [2.45, 2.75) is 31.8 Å². The molecule has 0 saturated carbocycles. The molecule has 1 unspecified atom stereocenters. The highest BCUT2D eigenvalue weighted by atomic mass is 79.9. The Bertz CT molecular complexity index is 501. The second-order valence-electron chi connectivity index (χ2n) is 5.24. The average Bonchev–Trinajstić information content (AvgIpc) is 2.82. The Kier molecular flexibility index (Phi) is 4.60. The van der Waals surface area contributed by atoms with Crippen molar-refractivity contribution in [3.8, 4) is 6.07 Å². The zero-order valence-corrected chi connectivity index (χ0v) is 12.5. The van der Waals surface area contributed by atoms with Gasteiger partial charge in [-0.25, -0.2) is 0 Å². The van der Waals surface area contributed by atoms with Crippen LogP contribution >= 0.6 is 0 Å². The van der Waals surface area contributed by atoms with E-state index < -0.39 is 0 Å². The summed E-state index contributed by atoms with van der Waals surface area (Å²) >= 11 is 0. The van der Waals surface area contributed by atoms with Gasteiger partial charge in [-0.1, -0.05) is 12.1 Å². The highest BCUT2D eigenvalue weighted by Crippen LogP contribution is 2.19. The van der Waals surface area contributed by atoms with Crippen LogP contribution in [0.15, 0.2) is 24.3 Å². The first-order valence-electron chi connectivity index (χ1n) is 6.69. The summed E-state index contributed by atoms with van der Waals surface area (Å²) in [4.78, 5) is 2.49. The molecule has 2 aliphatic heterocycles. The molecule has 4 heteroatoms. The fourth-order valence-corrected chi connectivity index (χ4v) is 2.92. The van der Waals surface area contributed by atoms with Crippen LogP contribution in [0.3, 0.4) is 0 Å². The number of halogens is 1. The second kappa shape index (κ2) is 6.21. The first-order valence-corrected chi connectivity index (χ1v) is 6.69. The lowest BCUT2D eigenvalue weighted by Crippen LogP contribution is -3.00. The molecule has 19 heavy (non-hydrogen) atoms. The molecule has 0 spiro atoms. The lowest BCUT2D eigenvalue weighted by atomic mass is 10.0. The van der Waals surface area contributed by atoms with Crippen LogP contribution in [0.2, 0.25) is 0 Å². The van der Waals surface area contributed by atoms with Crippen molar-refractivity contribution in [1.29, 1.82) is 5.26 Å². The van der Waals surface area contributed by atoms with Gasteiger partial charge < -0.3 is 17.0 Å². The van der Waals surface area contributed by atoms with Crippen molar-refractivity contribution in [1.82, 2.24) is 4.90 Å². The van der Waals surface area contributed by atoms with Gasteiger partial charge in [0.25, 0.3) is 0 Å². The minimum Gasteiger partial charge on any atom is -1.00 e. The molecule has 1 atom stereocenters. The van der Waals surface area contributed by atoms with E-state index in [9.17, 15) is 0 Å². The number of nitrogens with zero attached hydrogens (tertiary/aromatic N) is 3. The summed E-state index contributed by atoms with van der Waals surface area (Å²) in [6.45, 7) is 3.33. The molecule has 0 aliphatic carbocycles. The van der Waals surface area contributed by atoms with Gasteiger partial charge in [0.15, 0.2) is 0 Å². The summed E-state index contributed by atoms with van der Waals surface area (Å²) in [6.07, 6.45) is 6.33. The van der Waals surface area contributed by atoms with E-state index in [-0.39, 0.29) is 17.0 Å². The molecule has 0 bridgehead atoms. The van der Waals surface area contributed by atoms with E-state index in [1.165, 1.54) is 31.4 Å². The summed E-state index contributed by atoms with van der Waals surface area (Å²) in [5.41, 5.74) is 2.02. The smallest absolute Gasteiger partial charge is 0.234 e. The van der Waals surface area contributed by atoms with E-state index in [0.29, 0.717) is 0 Å². The van der Waals surface area contributed by atoms with Crippen LogP contribution in [0.1, 0.15) is 30.4 Å². The van der Waals surface area contributed by atoms with Gasteiger partial charge in [-0.15, -0.1) is 0 Å². The first kappa shape index (κ1) is 14.1.